The van der Waals surface area contributed by atoms with Crippen LogP contribution in [0.2, 0.25) is 0 Å². The van der Waals surface area contributed by atoms with Crippen LogP contribution in [0.3, 0.4) is 0 Å². The van der Waals surface area contributed by atoms with Gasteiger partial charge in [-0.05, 0) is 44.9 Å². The molecule has 0 aromatic carbocycles. The van der Waals surface area contributed by atoms with E-state index in [2.05, 4.69) is 97.5 Å². The van der Waals surface area contributed by atoms with Crippen LogP contribution in [-0.4, -0.2) is 75.8 Å². The molecule has 1 atom stereocenters. The molecule has 0 aliphatic rings. The number of carbonyl (C=O) groups excluding carboxylic acids is 3. The summed E-state index contributed by atoms with van der Waals surface area (Å²) >= 11 is 0. The fourth-order valence-corrected chi connectivity index (χ4v) is 6.44. The Kier molecular flexibility index (Phi) is 45.9. The molecule has 0 aliphatic carbocycles. The number of hydrogen-bond donors (Lipinski definition) is 3. The second-order valence-corrected chi connectivity index (χ2v) is 15.4. The largest absolute Gasteiger partial charge is 0.384 e. The monoisotopic (exact) mass is 782 g/mol. The number of unbranched alkanes of at least 4 members (excludes halogenated alkanes) is 4. The Labute approximate surface area is 334 Å². The van der Waals surface area contributed by atoms with Crippen molar-refractivity contribution in [1.29, 1.82) is 0 Å². The van der Waals surface area contributed by atoms with Crippen molar-refractivity contribution in [1.82, 2.24) is 16.0 Å². The lowest BCUT2D eigenvalue weighted by Gasteiger charge is -2.31. The number of carbonyl (C=O) groups is 3. The van der Waals surface area contributed by atoms with Gasteiger partial charge in [0.1, 0.15) is 6.10 Å². The van der Waals surface area contributed by atoms with Crippen molar-refractivity contribution in [2.45, 2.75) is 138 Å². The molecule has 0 aromatic rings. The lowest BCUT2D eigenvalue weighted by molar-refractivity contribution is -0.140. The van der Waals surface area contributed by atoms with Gasteiger partial charge in [-0.3, -0.25) is 14.4 Å². The van der Waals surface area contributed by atoms with Crippen LogP contribution in [0.15, 0.2) is 60.8 Å². The Balaban J connectivity index is -0.00000281. The Morgan fingerprint density at radius 2 is 1.08 bits per heavy atom. The molecule has 0 saturated heterocycles. The summed E-state index contributed by atoms with van der Waals surface area (Å²) in [5.41, 5.74) is -0.481. The molecular formula is C43H79N3O5S2. The number of ether oxygens (including phenoxy) is 2. The normalized spacial score (nSPS) is 12.2. The van der Waals surface area contributed by atoms with Gasteiger partial charge >= 0.3 is 0 Å². The van der Waals surface area contributed by atoms with E-state index in [0.29, 0.717) is 26.1 Å². The Morgan fingerprint density at radius 1 is 0.623 bits per heavy atom. The predicted octanol–water partition coefficient (Wildman–Crippen LogP) is 10.3. The number of nitrogens with one attached hydrogen (secondary N) is 3. The number of rotatable bonds is 31. The molecule has 0 aliphatic heterocycles. The number of methoxy groups -OCH3 is 2. The smallest absolute Gasteiger partial charge is 0.249 e. The van der Waals surface area contributed by atoms with Gasteiger partial charge in [-0.25, -0.2) is 0 Å². The van der Waals surface area contributed by atoms with Gasteiger partial charge in [-0.2, -0.15) is 0 Å². The molecule has 0 aromatic heterocycles. The quantitative estimate of drug-likeness (QED) is 0.0365. The highest BCUT2D eigenvalue weighted by Crippen LogP contribution is 2.23. The van der Waals surface area contributed by atoms with E-state index < -0.39 is 11.5 Å². The molecule has 3 amide bonds. The summed E-state index contributed by atoms with van der Waals surface area (Å²) in [6.07, 6.45) is 34.2. The molecule has 0 unspecified atom stereocenters. The van der Waals surface area contributed by atoms with Gasteiger partial charge in [0.15, 0.2) is 0 Å². The molecule has 0 rings (SSSR count). The average Bonchev–Trinajstić information content (AvgIpc) is 3.14. The van der Waals surface area contributed by atoms with E-state index in [-0.39, 0.29) is 30.7 Å². The van der Waals surface area contributed by atoms with Crippen LogP contribution in [0.1, 0.15) is 132 Å². The minimum atomic E-state index is -0.659. The van der Waals surface area contributed by atoms with Gasteiger partial charge in [0.2, 0.25) is 17.7 Å². The predicted molar refractivity (Wildman–Crippen MR) is 234 cm³/mol. The zero-order chi connectivity index (χ0) is 40.3. The summed E-state index contributed by atoms with van der Waals surface area (Å²) in [6, 6.07) is 0. The SMILES string of the molecule is CC.CC/C=C\C/C=C\C/C=C\C/C=C\C/C=C\CCCC(=O)NCCSSCCNC(=O)CCNC(=O)[C@H](OC)C(C)(C)COC.CCCCCC. The third-order valence-corrected chi connectivity index (χ3v) is 9.75. The molecule has 3 N–H and O–H groups in total. The van der Waals surface area contributed by atoms with Gasteiger partial charge in [0.05, 0.1) is 6.61 Å². The Morgan fingerprint density at radius 3 is 1.51 bits per heavy atom. The molecule has 53 heavy (non-hydrogen) atoms. The lowest BCUT2D eigenvalue weighted by Crippen LogP contribution is -2.47. The molecule has 0 radical (unpaired) electrons. The summed E-state index contributed by atoms with van der Waals surface area (Å²) in [4.78, 5) is 36.5. The van der Waals surface area contributed by atoms with E-state index in [1.165, 1.54) is 32.8 Å². The highest BCUT2D eigenvalue weighted by Gasteiger charge is 2.35. The topological polar surface area (TPSA) is 106 Å². The maximum Gasteiger partial charge on any atom is 0.249 e. The second-order valence-electron chi connectivity index (χ2n) is 12.7. The summed E-state index contributed by atoms with van der Waals surface area (Å²) in [5, 5.41) is 8.60. The fraction of sp³-hybridized carbons (Fsp3) is 0.698. The molecular weight excluding hydrogens is 703 g/mol. The van der Waals surface area contributed by atoms with Crippen LogP contribution in [0.5, 0.6) is 0 Å². The minimum Gasteiger partial charge on any atom is -0.384 e. The van der Waals surface area contributed by atoms with Crippen LogP contribution < -0.4 is 16.0 Å². The summed E-state index contributed by atoms with van der Waals surface area (Å²) in [6.45, 7) is 16.2. The second kappa shape index (κ2) is 44.1. The van der Waals surface area contributed by atoms with E-state index in [0.717, 1.165) is 56.5 Å². The summed E-state index contributed by atoms with van der Waals surface area (Å²) in [7, 11) is 6.41. The third kappa shape index (κ3) is 40.7. The molecule has 8 nitrogen and oxygen atoms in total. The van der Waals surface area contributed by atoms with Crippen LogP contribution in [0, 0.1) is 5.41 Å². The fourth-order valence-electron chi connectivity index (χ4n) is 4.63. The van der Waals surface area contributed by atoms with Crippen molar-refractivity contribution in [2.75, 3.05) is 52.0 Å². The molecule has 0 heterocycles. The highest BCUT2D eigenvalue weighted by atomic mass is 33.1. The van der Waals surface area contributed by atoms with Crippen molar-refractivity contribution in [3.05, 3.63) is 60.8 Å². The number of hydrogen-bond acceptors (Lipinski definition) is 7. The van der Waals surface area contributed by atoms with Crippen LogP contribution in [0.25, 0.3) is 0 Å². The van der Waals surface area contributed by atoms with Crippen molar-refractivity contribution in [3.63, 3.8) is 0 Å². The Bertz CT molecular complexity index is 992. The van der Waals surface area contributed by atoms with Gasteiger partial charge in [-0.15, -0.1) is 0 Å². The first kappa shape index (κ1) is 55.1. The molecule has 0 bridgehead atoms. The first-order chi connectivity index (χ1) is 25.7. The van der Waals surface area contributed by atoms with Crippen LogP contribution >= 0.6 is 21.6 Å². The maximum absolute atomic E-state index is 12.4. The van der Waals surface area contributed by atoms with Crippen LogP contribution in [-0.2, 0) is 23.9 Å². The standard InChI is InChI=1S/C35H59N3O5S2.C6H14.C2H6/c1-6-7-8-9-10-11-12-13-14-15-16-17-18-19-20-21-22-23-31(39)36-26-28-44-45-29-27-37-32(40)24-25-38-34(41)33(43-5)35(2,3)30-42-4;1-3-5-6-4-2;1-2/h7-8,10-11,13-14,16-17,19-20,33H,6,9,12,15,18,21-30H2,1-5H3,(H,36,39)(H,37,40)(H,38,41);3-6H2,1-2H3;1-2H3/b8-7-,11-10-,14-13-,17-16-,20-19-;;/t33-;;/m0../s1. The third-order valence-electron chi connectivity index (χ3n) is 7.34. The summed E-state index contributed by atoms with van der Waals surface area (Å²) < 4.78 is 10.5. The zero-order valence-corrected chi connectivity index (χ0v) is 36.8. The first-order valence-corrected chi connectivity index (χ1v) is 22.5. The van der Waals surface area contributed by atoms with E-state index in [1.54, 1.807) is 28.7 Å². The minimum absolute atomic E-state index is 0.0892. The van der Waals surface area contributed by atoms with E-state index >= 15 is 0 Å². The summed E-state index contributed by atoms with van der Waals surface area (Å²) in [5.74, 6) is 1.30. The molecule has 10 heteroatoms. The number of allylic oxidation sites excluding steroid dienone is 10. The van der Waals surface area contributed by atoms with E-state index in [4.69, 9.17) is 9.47 Å². The molecule has 0 fully saturated rings. The van der Waals surface area contributed by atoms with Crippen molar-refractivity contribution in [2.24, 2.45) is 5.41 Å². The van der Waals surface area contributed by atoms with E-state index in [1.807, 2.05) is 27.7 Å². The molecule has 0 spiro atoms. The van der Waals surface area contributed by atoms with Crippen LogP contribution in [0.4, 0.5) is 0 Å². The first-order valence-electron chi connectivity index (χ1n) is 20.0. The maximum atomic E-state index is 12.4. The van der Waals surface area contributed by atoms with Gasteiger partial charge in [-0.1, -0.05) is 156 Å². The van der Waals surface area contributed by atoms with Gasteiger partial charge in [0.25, 0.3) is 0 Å². The van der Waals surface area contributed by atoms with Gasteiger partial charge in [0, 0.05) is 63.6 Å². The number of amides is 3. The molecule has 0 saturated carbocycles. The molecule has 308 valence electrons. The average molecular weight is 782 g/mol. The zero-order valence-electron chi connectivity index (χ0n) is 35.1. The highest BCUT2D eigenvalue weighted by molar-refractivity contribution is 8.76. The Hall–Kier alpha value is -2.27. The lowest BCUT2D eigenvalue weighted by atomic mass is 9.86. The van der Waals surface area contributed by atoms with Gasteiger partial charge < -0.3 is 25.4 Å². The van der Waals surface area contributed by atoms with Crippen molar-refractivity contribution < 1.29 is 23.9 Å². The van der Waals surface area contributed by atoms with Crippen molar-refractivity contribution in [3.8, 4) is 0 Å². The van der Waals surface area contributed by atoms with Crippen molar-refractivity contribution >= 4 is 39.3 Å². The van der Waals surface area contributed by atoms with E-state index in [9.17, 15) is 14.4 Å².